The fourth-order valence-corrected chi connectivity index (χ4v) is 1.60. The number of amides is 1. The molecule has 0 unspecified atom stereocenters. The van der Waals surface area contributed by atoms with Crippen molar-refractivity contribution in [2.24, 2.45) is 5.73 Å². The summed E-state index contributed by atoms with van der Waals surface area (Å²) in [7, 11) is 0. The lowest BCUT2D eigenvalue weighted by Gasteiger charge is -2.05. The number of thioether (sulfide) groups is 1. The molecule has 0 saturated carbocycles. The molecule has 0 radical (unpaired) electrons. The molecule has 0 fully saturated rings. The molecule has 1 amide bonds. The molecule has 0 heterocycles. The zero-order valence-corrected chi connectivity index (χ0v) is 9.32. The van der Waals surface area contributed by atoms with E-state index in [1.165, 1.54) is 11.8 Å². The molecule has 16 heavy (non-hydrogen) atoms. The van der Waals surface area contributed by atoms with Gasteiger partial charge in [-0.3, -0.25) is 4.79 Å². The first-order valence-corrected chi connectivity index (χ1v) is 5.81. The van der Waals surface area contributed by atoms with Crippen LogP contribution in [-0.4, -0.2) is 24.0 Å². The van der Waals surface area contributed by atoms with Crippen LogP contribution in [0.3, 0.4) is 0 Å². The van der Waals surface area contributed by atoms with E-state index < -0.39 is 11.6 Å². The molecule has 1 rings (SSSR count). The van der Waals surface area contributed by atoms with E-state index in [1.807, 2.05) is 0 Å². The Kier molecular flexibility index (Phi) is 5.21. The van der Waals surface area contributed by atoms with Gasteiger partial charge in [0.1, 0.15) is 11.6 Å². The molecule has 88 valence electrons. The van der Waals surface area contributed by atoms with E-state index in [0.717, 1.165) is 18.2 Å². The SMILES string of the molecule is NCCSCC(=O)Nc1cc(F)ccc1F. The van der Waals surface area contributed by atoms with Crippen molar-refractivity contribution in [3.63, 3.8) is 0 Å². The Balaban J connectivity index is 2.52. The summed E-state index contributed by atoms with van der Waals surface area (Å²) in [6, 6.07) is 2.91. The summed E-state index contributed by atoms with van der Waals surface area (Å²) in [5.41, 5.74) is 5.11. The molecule has 0 aliphatic carbocycles. The lowest BCUT2D eigenvalue weighted by Crippen LogP contribution is -2.16. The molecule has 0 spiro atoms. The van der Waals surface area contributed by atoms with Crippen molar-refractivity contribution in [3.05, 3.63) is 29.8 Å². The fraction of sp³-hybridized carbons (Fsp3) is 0.300. The molecule has 0 aromatic heterocycles. The minimum absolute atomic E-state index is 0.140. The lowest BCUT2D eigenvalue weighted by atomic mass is 10.3. The number of carbonyl (C=O) groups is 1. The number of hydrogen-bond acceptors (Lipinski definition) is 3. The highest BCUT2D eigenvalue weighted by Gasteiger charge is 2.07. The van der Waals surface area contributed by atoms with E-state index in [4.69, 9.17) is 5.73 Å². The number of benzene rings is 1. The Labute approximate surface area is 96.4 Å². The van der Waals surface area contributed by atoms with Crippen molar-refractivity contribution >= 4 is 23.4 Å². The minimum atomic E-state index is -0.654. The maximum absolute atomic E-state index is 13.1. The Hall–Kier alpha value is -1.14. The van der Waals surface area contributed by atoms with Crippen molar-refractivity contribution in [2.45, 2.75) is 0 Å². The van der Waals surface area contributed by atoms with Crippen molar-refractivity contribution < 1.29 is 13.6 Å². The fourth-order valence-electron chi connectivity index (χ4n) is 1.03. The van der Waals surface area contributed by atoms with E-state index in [2.05, 4.69) is 5.32 Å². The third kappa shape index (κ3) is 4.16. The zero-order valence-electron chi connectivity index (χ0n) is 8.50. The van der Waals surface area contributed by atoms with Gasteiger partial charge in [0, 0.05) is 18.4 Å². The normalized spacial score (nSPS) is 10.2. The molecule has 3 nitrogen and oxygen atoms in total. The summed E-state index contributed by atoms with van der Waals surface area (Å²) in [5, 5.41) is 2.29. The van der Waals surface area contributed by atoms with Crippen LogP contribution in [-0.2, 0) is 4.79 Å². The summed E-state index contributed by atoms with van der Waals surface area (Å²) in [6.07, 6.45) is 0. The number of carbonyl (C=O) groups excluding carboxylic acids is 1. The second-order valence-corrected chi connectivity index (χ2v) is 4.12. The number of halogens is 2. The number of rotatable bonds is 5. The van der Waals surface area contributed by atoms with E-state index in [1.54, 1.807) is 0 Å². The summed E-state index contributed by atoms with van der Waals surface area (Å²) in [4.78, 5) is 11.3. The monoisotopic (exact) mass is 246 g/mol. The van der Waals surface area contributed by atoms with Crippen LogP contribution in [0.2, 0.25) is 0 Å². The van der Waals surface area contributed by atoms with Gasteiger partial charge in [0.25, 0.3) is 0 Å². The van der Waals surface area contributed by atoms with E-state index in [9.17, 15) is 13.6 Å². The largest absolute Gasteiger partial charge is 0.330 e. The summed E-state index contributed by atoms with van der Waals surface area (Å²) in [6.45, 7) is 0.478. The highest BCUT2D eigenvalue weighted by atomic mass is 32.2. The molecule has 1 aromatic rings. The Morgan fingerprint density at radius 3 is 2.88 bits per heavy atom. The first kappa shape index (κ1) is 12.9. The molecule has 0 atom stereocenters. The second-order valence-electron chi connectivity index (χ2n) is 3.01. The van der Waals surface area contributed by atoms with Gasteiger partial charge < -0.3 is 11.1 Å². The van der Waals surface area contributed by atoms with Gasteiger partial charge in [0.05, 0.1) is 11.4 Å². The molecule has 0 aliphatic heterocycles. The van der Waals surface area contributed by atoms with E-state index >= 15 is 0 Å². The molecule has 0 saturated heterocycles. The van der Waals surface area contributed by atoms with Gasteiger partial charge in [-0.25, -0.2) is 8.78 Å². The predicted octanol–water partition coefficient (Wildman–Crippen LogP) is 1.60. The van der Waals surface area contributed by atoms with Gasteiger partial charge in [0.2, 0.25) is 5.91 Å². The molecular formula is C10H12F2N2OS. The van der Waals surface area contributed by atoms with Gasteiger partial charge in [0.15, 0.2) is 0 Å². The molecular weight excluding hydrogens is 234 g/mol. The van der Waals surface area contributed by atoms with Gasteiger partial charge in [-0.05, 0) is 12.1 Å². The first-order chi connectivity index (χ1) is 7.63. The molecule has 0 aliphatic rings. The van der Waals surface area contributed by atoms with Crippen molar-refractivity contribution in [3.8, 4) is 0 Å². The highest BCUT2D eigenvalue weighted by Crippen LogP contribution is 2.15. The van der Waals surface area contributed by atoms with Gasteiger partial charge in [-0.2, -0.15) is 11.8 Å². The molecule has 6 heteroatoms. The first-order valence-electron chi connectivity index (χ1n) is 4.66. The Bertz CT molecular complexity index is 374. The number of hydrogen-bond donors (Lipinski definition) is 2. The van der Waals surface area contributed by atoms with Crippen molar-refractivity contribution in [1.29, 1.82) is 0 Å². The van der Waals surface area contributed by atoms with Crippen LogP contribution in [0.25, 0.3) is 0 Å². The number of nitrogens with one attached hydrogen (secondary N) is 1. The zero-order chi connectivity index (χ0) is 12.0. The Morgan fingerprint density at radius 1 is 1.44 bits per heavy atom. The average Bonchev–Trinajstić information content (AvgIpc) is 2.24. The van der Waals surface area contributed by atoms with Gasteiger partial charge in [-0.1, -0.05) is 0 Å². The van der Waals surface area contributed by atoms with Crippen LogP contribution < -0.4 is 11.1 Å². The average molecular weight is 246 g/mol. The second kappa shape index (κ2) is 6.44. The van der Waals surface area contributed by atoms with Crippen LogP contribution in [0.15, 0.2) is 18.2 Å². The van der Waals surface area contributed by atoms with Gasteiger partial charge >= 0.3 is 0 Å². The Morgan fingerprint density at radius 2 is 2.19 bits per heavy atom. The van der Waals surface area contributed by atoms with Gasteiger partial charge in [-0.15, -0.1) is 0 Å². The van der Waals surface area contributed by atoms with Crippen LogP contribution in [0, 0.1) is 11.6 Å². The highest BCUT2D eigenvalue weighted by molar-refractivity contribution is 7.99. The third-order valence-electron chi connectivity index (χ3n) is 1.70. The number of nitrogens with two attached hydrogens (primary N) is 1. The summed E-state index contributed by atoms with van der Waals surface area (Å²) in [5.74, 6) is -0.792. The lowest BCUT2D eigenvalue weighted by molar-refractivity contribution is -0.113. The smallest absolute Gasteiger partial charge is 0.234 e. The minimum Gasteiger partial charge on any atom is -0.330 e. The van der Waals surface area contributed by atoms with E-state index in [-0.39, 0.29) is 17.3 Å². The van der Waals surface area contributed by atoms with Crippen LogP contribution >= 0.6 is 11.8 Å². The standard InChI is InChI=1S/C10H12F2N2OS/c11-7-1-2-8(12)9(5-7)14-10(15)6-16-4-3-13/h1-2,5H,3-4,6,13H2,(H,14,15). The third-order valence-corrected chi connectivity index (χ3v) is 2.69. The van der Waals surface area contributed by atoms with Crippen molar-refractivity contribution in [2.75, 3.05) is 23.4 Å². The van der Waals surface area contributed by atoms with Crippen LogP contribution in [0.5, 0.6) is 0 Å². The topological polar surface area (TPSA) is 55.1 Å². The molecule has 3 N–H and O–H groups in total. The summed E-state index contributed by atoms with van der Waals surface area (Å²) < 4.78 is 25.9. The van der Waals surface area contributed by atoms with E-state index in [0.29, 0.717) is 12.3 Å². The quantitative estimate of drug-likeness (QED) is 0.776. The molecule has 1 aromatic carbocycles. The molecule has 0 bridgehead atoms. The van der Waals surface area contributed by atoms with Crippen LogP contribution in [0.1, 0.15) is 0 Å². The van der Waals surface area contributed by atoms with Crippen molar-refractivity contribution in [1.82, 2.24) is 0 Å². The number of anilines is 1. The summed E-state index contributed by atoms with van der Waals surface area (Å²) >= 11 is 1.34. The maximum atomic E-state index is 13.1. The maximum Gasteiger partial charge on any atom is 0.234 e. The van der Waals surface area contributed by atoms with Crippen LogP contribution in [0.4, 0.5) is 14.5 Å². The predicted molar refractivity (Wildman–Crippen MR) is 61.4 cm³/mol.